The second-order valence-corrected chi connectivity index (χ2v) is 6.73. The molecule has 0 aliphatic carbocycles. The average molecular weight is 365 g/mol. The molecule has 2 aromatic rings. The first kappa shape index (κ1) is 16.4. The van der Waals surface area contributed by atoms with Crippen molar-refractivity contribution in [1.29, 1.82) is 0 Å². The van der Waals surface area contributed by atoms with Gasteiger partial charge in [-0.05, 0) is 54.4 Å². The molecule has 1 aromatic carbocycles. The Morgan fingerprint density at radius 2 is 1.91 bits per heavy atom. The highest BCUT2D eigenvalue weighted by Crippen LogP contribution is 2.13. The summed E-state index contributed by atoms with van der Waals surface area (Å²) in [5.74, 6) is -0.361. The van der Waals surface area contributed by atoms with Crippen LogP contribution in [-0.2, 0) is 11.3 Å². The van der Waals surface area contributed by atoms with Crippen LogP contribution in [0.15, 0.2) is 46.1 Å². The zero-order chi connectivity index (χ0) is 16.3. The zero-order valence-corrected chi connectivity index (χ0v) is 14.3. The minimum atomic E-state index is -0.523. The number of halogens is 1. The first-order valence-electron chi connectivity index (χ1n) is 6.78. The third kappa shape index (κ3) is 4.27. The first-order valence-corrected chi connectivity index (χ1v) is 7.58. The van der Waals surface area contributed by atoms with Crippen molar-refractivity contribution < 1.29 is 9.53 Å². The predicted molar refractivity (Wildman–Crippen MR) is 86.9 cm³/mol. The van der Waals surface area contributed by atoms with Crippen LogP contribution in [0.1, 0.15) is 36.7 Å². The topological polar surface area (TPSA) is 61.2 Å². The van der Waals surface area contributed by atoms with E-state index in [-0.39, 0.29) is 11.5 Å². The Morgan fingerprint density at radius 1 is 1.27 bits per heavy atom. The highest BCUT2D eigenvalue weighted by Gasteiger charge is 2.17. The molecular formula is C16H17BrN2O3. The van der Waals surface area contributed by atoms with E-state index in [0.29, 0.717) is 16.6 Å². The molecule has 0 spiro atoms. The van der Waals surface area contributed by atoms with Crippen LogP contribution in [0.25, 0.3) is 0 Å². The van der Waals surface area contributed by atoms with Crippen LogP contribution < -0.4 is 5.56 Å². The first-order chi connectivity index (χ1) is 10.3. The molecule has 5 nitrogen and oxygen atoms in total. The van der Waals surface area contributed by atoms with E-state index in [9.17, 15) is 9.59 Å². The van der Waals surface area contributed by atoms with E-state index < -0.39 is 5.60 Å². The highest BCUT2D eigenvalue weighted by atomic mass is 79.9. The van der Waals surface area contributed by atoms with Crippen molar-refractivity contribution in [2.45, 2.75) is 32.9 Å². The van der Waals surface area contributed by atoms with Crippen molar-refractivity contribution in [3.05, 3.63) is 62.7 Å². The van der Waals surface area contributed by atoms with E-state index in [2.05, 4.69) is 20.9 Å². The van der Waals surface area contributed by atoms with Crippen molar-refractivity contribution in [2.24, 2.45) is 0 Å². The molecule has 0 amide bonds. The summed E-state index contributed by atoms with van der Waals surface area (Å²) < 4.78 is 7.22. The van der Waals surface area contributed by atoms with Gasteiger partial charge in [-0.1, -0.05) is 12.1 Å². The monoisotopic (exact) mass is 364 g/mol. The maximum Gasteiger partial charge on any atom is 0.338 e. The number of rotatable bonds is 3. The highest BCUT2D eigenvalue weighted by molar-refractivity contribution is 9.10. The second kappa shape index (κ2) is 6.44. The quantitative estimate of drug-likeness (QED) is 0.785. The number of hydrogen-bond acceptors (Lipinski definition) is 4. The van der Waals surface area contributed by atoms with E-state index >= 15 is 0 Å². The van der Waals surface area contributed by atoms with E-state index in [1.807, 2.05) is 20.8 Å². The molecule has 0 atom stereocenters. The molecule has 0 fully saturated rings. The number of aromatic nitrogens is 2. The smallest absolute Gasteiger partial charge is 0.338 e. The molecule has 0 bridgehead atoms. The van der Waals surface area contributed by atoms with Gasteiger partial charge in [-0.2, -0.15) is 0 Å². The number of nitrogens with zero attached hydrogens (tertiary/aromatic N) is 2. The van der Waals surface area contributed by atoms with E-state index in [1.165, 1.54) is 17.1 Å². The molecule has 0 unspecified atom stereocenters. The fourth-order valence-corrected chi connectivity index (χ4v) is 2.16. The summed E-state index contributed by atoms with van der Waals surface area (Å²) in [6.45, 7) is 5.86. The van der Waals surface area contributed by atoms with Crippen molar-refractivity contribution in [2.75, 3.05) is 0 Å². The summed E-state index contributed by atoms with van der Waals surface area (Å²) in [5, 5.41) is 0. The number of esters is 1. The molecule has 22 heavy (non-hydrogen) atoms. The van der Waals surface area contributed by atoms with Crippen molar-refractivity contribution in [3.8, 4) is 0 Å². The van der Waals surface area contributed by atoms with E-state index in [0.717, 1.165) is 5.56 Å². The Kier molecular flexibility index (Phi) is 4.81. The summed E-state index contributed by atoms with van der Waals surface area (Å²) >= 11 is 3.16. The fraction of sp³-hybridized carbons (Fsp3) is 0.312. The van der Waals surface area contributed by atoms with Gasteiger partial charge in [0.1, 0.15) is 10.1 Å². The lowest BCUT2D eigenvalue weighted by Crippen LogP contribution is -2.24. The Bertz CT molecular complexity index is 730. The maximum atomic E-state index is 11.9. The molecule has 0 aliphatic rings. The van der Waals surface area contributed by atoms with Gasteiger partial charge in [-0.3, -0.25) is 9.36 Å². The van der Waals surface area contributed by atoms with Crippen molar-refractivity contribution in [1.82, 2.24) is 9.55 Å². The summed E-state index contributed by atoms with van der Waals surface area (Å²) in [6.07, 6.45) is 2.94. The molecule has 6 heteroatoms. The van der Waals surface area contributed by atoms with Gasteiger partial charge >= 0.3 is 5.97 Å². The lowest BCUT2D eigenvalue weighted by atomic mass is 10.1. The number of carbonyl (C=O) groups is 1. The zero-order valence-electron chi connectivity index (χ0n) is 12.7. The van der Waals surface area contributed by atoms with E-state index in [1.54, 1.807) is 24.3 Å². The SMILES string of the molecule is CC(C)(C)OC(=O)c1ccc(Cn2cncc(Br)c2=O)cc1. The summed E-state index contributed by atoms with van der Waals surface area (Å²) in [4.78, 5) is 27.8. The molecule has 116 valence electrons. The number of carbonyl (C=O) groups excluding carboxylic acids is 1. The van der Waals surface area contributed by atoms with Crippen molar-refractivity contribution >= 4 is 21.9 Å². The Labute approximate surface area is 137 Å². The molecule has 0 N–H and O–H groups in total. The van der Waals surface area contributed by atoms with Gasteiger partial charge in [0.05, 0.1) is 18.4 Å². The van der Waals surface area contributed by atoms with Crippen LogP contribution in [0.3, 0.4) is 0 Å². The fourth-order valence-electron chi connectivity index (χ4n) is 1.82. The summed E-state index contributed by atoms with van der Waals surface area (Å²) in [7, 11) is 0. The Balaban J connectivity index is 2.14. The lowest BCUT2D eigenvalue weighted by Gasteiger charge is -2.19. The molecule has 0 radical (unpaired) electrons. The van der Waals surface area contributed by atoms with Gasteiger partial charge in [0, 0.05) is 6.20 Å². The standard InChI is InChI=1S/C16H17BrN2O3/c1-16(2,3)22-15(21)12-6-4-11(5-7-12)9-19-10-18-8-13(17)14(19)20/h4-8,10H,9H2,1-3H3. The molecule has 0 saturated carbocycles. The summed E-state index contributed by atoms with van der Waals surface area (Å²) in [6, 6.07) is 6.99. The van der Waals surface area contributed by atoms with Crippen LogP contribution in [0, 0.1) is 0 Å². The van der Waals surface area contributed by atoms with Crippen molar-refractivity contribution in [3.63, 3.8) is 0 Å². The van der Waals surface area contributed by atoms with E-state index in [4.69, 9.17) is 4.74 Å². The minimum absolute atomic E-state index is 0.147. The van der Waals surface area contributed by atoms with Crippen LogP contribution in [0.2, 0.25) is 0 Å². The number of ether oxygens (including phenoxy) is 1. The largest absolute Gasteiger partial charge is 0.456 e. The van der Waals surface area contributed by atoms with Crippen LogP contribution in [-0.4, -0.2) is 21.1 Å². The van der Waals surface area contributed by atoms with Gasteiger partial charge in [0.15, 0.2) is 0 Å². The third-order valence-electron chi connectivity index (χ3n) is 2.80. The minimum Gasteiger partial charge on any atom is -0.456 e. The normalized spacial score (nSPS) is 11.3. The summed E-state index contributed by atoms with van der Waals surface area (Å²) in [5.41, 5.74) is 0.712. The molecule has 1 aromatic heterocycles. The average Bonchev–Trinajstić information content (AvgIpc) is 2.43. The maximum absolute atomic E-state index is 11.9. The van der Waals surface area contributed by atoms with Gasteiger partial charge in [-0.25, -0.2) is 9.78 Å². The third-order valence-corrected chi connectivity index (χ3v) is 3.34. The number of hydrogen-bond donors (Lipinski definition) is 0. The Morgan fingerprint density at radius 3 is 2.50 bits per heavy atom. The van der Waals surface area contributed by atoms with Crippen LogP contribution in [0.5, 0.6) is 0 Å². The molecule has 2 rings (SSSR count). The van der Waals surface area contributed by atoms with Gasteiger partial charge in [0.2, 0.25) is 0 Å². The Hall–Kier alpha value is -1.95. The number of benzene rings is 1. The molecular weight excluding hydrogens is 348 g/mol. The van der Waals surface area contributed by atoms with Gasteiger partial charge < -0.3 is 4.74 Å². The van der Waals surface area contributed by atoms with Gasteiger partial charge in [0.25, 0.3) is 5.56 Å². The molecule has 0 aliphatic heterocycles. The second-order valence-electron chi connectivity index (χ2n) is 5.87. The lowest BCUT2D eigenvalue weighted by molar-refractivity contribution is 0.00695. The molecule has 0 saturated heterocycles. The van der Waals surface area contributed by atoms with Crippen LogP contribution in [0.4, 0.5) is 0 Å². The van der Waals surface area contributed by atoms with Crippen LogP contribution >= 0.6 is 15.9 Å². The molecule has 1 heterocycles. The predicted octanol–water partition coefficient (Wildman–Crippen LogP) is 3.01. The van der Waals surface area contributed by atoms with Gasteiger partial charge in [-0.15, -0.1) is 0 Å².